The first-order chi connectivity index (χ1) is 18.1. The Balaban J connectivity index is 1.34. The third-order valence-corrected chi connectivity index (χ3v) is 9.05. The normalized spacial score (nSPS) is 28.7. The fourth-order valence-corrected chi connectivity index (χ4v) is 6.81. The van der Waals surface area contributed by atoms with E-state index in [9.17, 15) is 9.59 Å². The van der Waals surface area contributed by atoms with Crippen LogP contribution in [0.15, 0.2) is 48.9 Å². The second kappa shape index (κ2) is 10.4. The van der Waals surface area contributed by atoms with E-state index in [4.69, 9.17) is 9.31 Å². The Labute approximate surface area is 225 Å². The first kappa shape index (κ1) is 26.8. The van der Waals surface area contributed by atoms with E-state index in [1.165, 1.54) is 25.0 Å². The molecule has 1 aromatic carbocycles. The molecule has 8 nitrogen and oxygen atoms in total. The molecule has 1 saturated heterocycles. The van der Waals surface area contributed by atoms with E-state index in [1.807, 2.05) is 30.3 Å². The standard InChI is InChI=1S/C29H39BN4O4/c1-18(2)13-25(30-37-24-16-20-15-23(28(20,3)4)29(24,5)38-30)34-26(35)21(14-19-9-7-6-8-10-19)33-27(36)22-17-31-11-12-32-22/h6-12,17-18,20-21,23-25H,13-16H2,1-5H3,(H,33,36)(H,34,35)/t20?,21-,23?,24+,25?,29-/m0/s1. The summed E-state index contributed by atoms with van der Waals surface area (Å²) in [5, 5.41) is 6.08. The summed E-state index contributed by atoms with van der Waals surface area (Å²) in [6, 6.07) is 8.87. The smallest absolute Gasteiger partial charge is 0.404 e. The average molecular weight is 518 g/mol. The number of aromatic nitrogens is 2. The Morgan fingerprint density at radius 3 is 2.53 bits per heavy atom. The van der Waals surface area contributed by atoms with Gasteiger partial charge in [-0.1, -0.05) is 58.0 Å². The monoisotopic (exact) mass is 518 g/mol. The molecule has 3 aliphatic carbocycles. The van der Waals surface area contributed by atoms with Crippen LogP contribution < -0.4 is 10.6 Å². The van der Waals surface area contributed by atoms with Gasteiger partial charge in [0, 0.05) is 18.8 Å². The minimum atomic E-state index is -0.799. The largest absolute Gasteiger partial charge is 0.481 e. The molecule has 2 aromatic rings. The molecule has 0 spiro atoms. The number of carbonyl (C=O) groups excluding carboxylic acids is 2. The molecule has 2 bridgehead atoms. The SMILES string of the molecule is CC(C)CC(NC(=O)[C@H](Cc1ccccc1)NC(=O)c1cnccn1)B1O[C@@H]2CC3CC(C3(C)C)[C@]2(C)O1. The molecule has 38 heavy (non-hydrogen) atoms. The Kier molecular flexibility index (Phi) is 7.35. The third-order valence-electron chi connectivity index (χ3n) is 9.05. The molecule has 4 fully saturated rings. The van der Waals surface area contributed by atoms with E-state index < -0.39 is 19.1 Å². The van der Waals surface area contributed by atoms with Gasteiger partial charge in [-0.3, -0.25) is 14.6 Å². The Hall–Kier alpha value is -2.78. The van der Waals surface area contributed by atoms with Crippen LogP contribution >= 0.6 is 0 Å². The third kappa shape index (κ3) is 5.10. The van der Waals surface area contributed by atoms with Crippen LogP contribution in [-0.2, 0) is 20.5 Å². The summed E-state index contributed by atoms with van der Waals surface area (Å²) in [7, 11) is -0.528. The lowest BCUT2D eigenvalue weighted by atomic mass is 9.43. The van der Waals surface area contributed by atoms with Crippen molar-refractivity contribution in [2.75, 3.05) is 0 Å². The fraction of sp³-hybridized carbons (Fsp3) is 0.586. The molecule has 2 heterocycles. The predicted molar refractivity (Wildman–Crippen MR) is 145 cm³/mol. The second-order valence-electron chi connectivity index (χ2n) is 12.4. The van der Waals surface area contributed by atoms with Gasteiger partial charge < -0.3 is 19.9 Å². The van der Waals surface area contributed by atoms with Crippen LogP contribution in [0.1, 0.15) is 69.9 Å². The summed E-state index contributed by atoms with van der Waals surface area (Å²) < 4.78 is 13.2. The van der Waals surface area contributed by atoms with Crippen LogP contribution in [0, 0.1) is 23.2 Å². The van der Waals surface area contributed by atoms with E-state index in [1.54, 1.807) is 0 Å². The van der Waals surface area contributed by atoms with Gasteiger partial charge in [0.25, 0.3) is 5.91 Å². The van der Waals surface area contributed by atoms with Gasteiger partial charge in [0.15, 0.2) is 0 Å². The summed E-state index contributed by atoms with van der Waals surface area (Å²) in [6.07, 6.45) is 7.60. The molecular weight excluding hydrogens is 479 g/mol. The number of carbonyl (C=O) groups is 2. The lowest BCUT2D eigenvalue weighted by Gasteiger charge is -2.64. The maximum absolute atomic E-state index is 13.8. The highest BCUT2D eigenvalue weighted by Gasteiger charge is 2.68. The Morgan fingerprint density at radius 1 is 1.11 bits per heavy atom. The van der Waals surface area contributed by atoms with Crippen LogP contribution in [0.3, 0.4) is 0 Å². The maximum Gasteiger partial charge on any atom is 0.481 e. The number of nitrogens with zero attached hydrogens (tertiary/aromatic N) is 2. The van der Waals surface area contributed by atoms with E-state index in [0.29, 0.717) is 30.6 Å². The zero-order valence-corrected chi connectivity index (χ0v) is 23.0. The molecule has 3 saturated carbocycles. The summed E-state index contributed by atoms with van der Waals surface area (Å²) in [4.78, 5) is 34.8. The highest BCUT2D eigenvalue weighted by molar-refractivity contribution is 6.48. The van der Waals surface area contributed by atoms with Crippen molar-refractivity contribution in [2.45, 2.75) is 84.0 Å². The average Bonchev–Trinajstić information content (AvgIpc) is 3.26. The number of amides is 2. The molecule has 9 heteroatoms. The first-order valence-electron chi connectivity index (χ1n) is 13.8. The molecule has 6 atom stereocenters. The highest BCUT2D eigenvalue weighted by atomic mass is 16.7. The minimum Gasteiger partial charge on any atom is -0.404 e. The zero-order chi connectivity index (χ0) is 27.1. The van der Waals surface area contributed by atoms with Crippen LogP contribution in [0.5, 0.6) is 0 Å². The second-order valence-corrected chi connectivity index (χ2v) is 12.4. The van der Waals surface area contributed by atoms with Gasteiger partial charge in [-0.2, -0.15) is 0 Å². The van der Waals surface area contributed by atoms with Crippen LogP contribution in [0.25, 0.3) is 0 Å². The van der Waals surface area contributed by atoms with Crippen molar-refractivity contribution >= 4 is 18.9 Å². The molecule has 1 aliphatic heterocycles. The van der Waals surface area contributed by atoms with Gasteiger partial charge in [-0.25, -0.2) is 4.98 Å². The molecule has 0 radical (unpaired) electrons. The molecule has 3 unspecified atom stereocenters. The van der Waals surface area contributed by atoms with Crippen molar-refractivity contribution < 1.29 is 18.9 Å². The number of benzene rings is 1. The molecule has 4 aliphatic rings. The topological polar surface area (TPSA) is 102 Å². The van der Waals surface area contributed by atoms with Gasteiger partial charge in [0.1, 0.15) is 11.7 Å². The summed E-state index contributed by atoms with van der Waals surface area (Å²) in [5.41, 5.74) is 0.998. The number of nitrogens with one attached hydrogen (secondary N) is 2. The Bertz CT molecular complexity index is 1150. The minimum absolute atomic E-state index is 0.0345. The van der Waals surface area contributed by atoms with E-state index in [-0.39, 0.29) is 34.7 Å². The van der Waals surface area contributed by atoms with Gasteiger partial charge >= 0.3 is 7.12 Å². The van der Waals surface area contributed by atoms with Gasteiger partial charge in [-0.15, -0.1) is 0 Å². The quantitative estimate of drug-likeness (QED) is 0.492. The number of hydrogen-bond donors (Lipinski definition) is 2. The van der Waals surface area contributed by atoms with Crippen molar-refractivity contribution in [3.63, 3.8) is 0 Å². The summed E-state index contributed by atoms with van der Waals surface area (Å²) in [6.45, 7) is 11.1. The predicted octanol–water partition coefficient (Wildman–Crippen LogP) is 3.62. The molecule has 6 rings (SSSR count). The summed E-state index contributed by atoms with van der Waals surface area (Å²) in [5.74, 6) is 0.359. The zero-order valence-electron chi connectivity index (χ0n) is 23.0. The van der Waals surface area contributed by atoms with Gasteiger partial charge in [0.05, 0.1) is 23.8 Å². The van der Waals surface area contributed by atoms with E-state index in [0.717, 1.165) is 12.0 Å². The molecular formula is C29H39BN4O4. The first-order valence-corrected chi connectivity index (χ1v) is 13.8. The van der Waals surface area contributed by atoms with Crippen LogP contribution in [-0.4, -0.2) is 52.6 Å². The van der Waals surface area contributed by atoms with Crippen molar-refractivity contribution in [1.29, 1.82) is 0 Å². The molecule has 202 valence electrons. The lowest BCUT2D eigenvalue weighted by Crippen LogP contribution is -2.65. The highest BCUT2D eigenvalue weighted by Crippen LogP contribution is 2.65. The summed E-state index contributed by atoms with van der Waals surface area (Å²) >= 11 is 0. The molecule has 2 N–H and O–H groups in total. The van der Waals surface area contributed by atoms with E-state index >= 15 is 0 Å². The van der Waals surface area contributed by atoms with Crippen LogP contribution in [0.4, 0.5) is 0 Å². The van der Waals surface area contributed by atoms with E-state index in [2.05, 4.69) is 55.2 Å². The lowest BCUT2D eigenvalue weighted by molar-refractivity contribution is -0.199. The fourth-order valence-electron chi connectivity index (χ4n) is 6.81. The van der Waals surface area contributed by atoms with Crippen molar-refractivity contribution in [3.8, 4) is 0 Å². The molecule has 2 amide bonds. The molecule has 1 aromatic heterocycles. The number of hydrogen-bond acceptors (Lipinski definition) is 6. The number of rotatable bonds is 9. The van der Waals surface area contributed by atoms with Crippen molar-refractivity contribution in [1.82, 2.24) is 20.6 Å². The van der Waals surface area contributed by atoms with Crippen molar-refractivity contribution in [2.24, 2.45) is 23.2 Å². The van der Waals surface area contributed by atoms with Gasteiger partial charge in [-0.05, 0) is 54.9 Å². The Morgan fingerprint density at radius 2 is 1.87 bits per heavy atom. The maximum atomic E-state index is 13.8. The van der Waals surface area contributed by atoms with Crippen LogP contribution in [0.2, 0.25) is 0 Å². The van der Waals surface area contributed by atoms with Gasteiger partial charge in [0.2, 0.25) is 5.91 Å². The van der Waals surface area contributed by atoms with Crippen molar-refractivity contribution in [3.05, 3.63) is 60.2 Å².